The molecule has 0 aromatic heterocycles. The van der Waals surface area contributed by atoms with E-state index < -0.39 is 18.0 Å². The van der Waals surface area contributed by atoms with Crippen LogP contribution in [0.1, 0.15) is 18.6 Å². The number of carbonyl (C=O) groups is 2. The van der Waals surface area contributed by atoms with Gasteiger partial charge in [0.25, 0.3) is 0 Å². The first kappa shape index (κ1) is 11.2. The van der Waals surface area contributed by atoms with Crippen LogP contribution >= 0.6 is 0 Å². The molecule has 0 aliphatic rings. The molecule has 0 aliphatic carbocycles. The number of hydrogen-bond acceptors (Lipinski definition) is 4. The number of hydrogen-bond donors (Lipinski definition) is 0. The van der Waals surface area contributed by atoms with Crippen LogP contribution in [0.25, 0.3) is 0 Å². The van der Waals surface area contributed by atoms with E-state index in [0.29, 0.717) is 5.56 Å². The molecule has 80 valence electrons. The summed E-state index contributed by atoms with van der Waals surface area (Å²) in [6.45, 7) is 1.25. The number of methoxy groups -OCH3 is 1. The molecule has 15 heavy (non-hydrogen) atoms. The second-order valence-electron chi connectivity index (χ2n) is 2.92. The maximum Gasteiger partial charge on any atom is 0.351 e. The predicted molar refractivity (Wildman–Crippen MR) is 53.0 cm³/mol. The molecule has 1 atom stereocenters. The number of benzene rings is 1. The smallest absolute Gasteiger partial charge is 0.351 e. The van der Waals surface area contributed by atoms with E-state index in [1.54, 1.807) is 24.3 Å². The molecule has 1 aromatic carbocycles. The Hall–Kier alpha value is -1.84. The van der Waals surface area contributed by atoms with Crippen LogP contribution in [0.4, 0.5) is 0 Å². The van der Waals surface area contributed by atoms with Gasteiger partial charge >= 0.3 is 11.9 Å². The Morgan fingerprint density at radius 1 is 1.20 bits per heavy atom. The van der Waals surface area contributed by atoms with Crippen LogP contribution in [0.5, 0.6) is 0 Å². The van der Waals surface area contributed by atoms with Gasteiger partial charge in [0.05, 0.1) is 7.11 Å². The van der Waals surface area contributed by atoms with Crippen molar-refractivity contribution in [2.45, 2.75) is 13.0 Å². The van der Waals surface area contributed by atoms with Crippen LogP contribution in [0.3, 0.4) is 0 Å². The van der Waals surface area contributed by atoms with Crippen molar-refractivity contribution in [2.75, 3.05) is 7.11 Å². The molecule has 4 heteroatoms. The monoisotopic (exact) mass is 208 g/mol. The van der Waals surface area contributed by atoms with Crippen molar-refractivity contribution in [1.82, 2.24) is 0 Å². The van der Waals surface area contributed by atoms with E-state index in [9.17, 15) is 9.59 Å². The Kier molecular flexibility index (Phi) is 3.85. The Labute approximate surface area is 87.8 Å². The molecule has 0 aliphatic heterocycles. The van der Waals surface area contributed by atoms with Gasteiger partial charge in [-0.05, 0) is 0 Å². The van der Waals surface area contributed by atoms with Gasteiger partial charge < -0.3 is 9.47 Å². The molecule has 1 unspecified atom stereocenters. The minimum Gasteiger partial charge on any atom is -0.466 e. The average Bonchev–Trinajstić information content (AvgIpc) is 2.26. The maximum atomic E-state index is 11.3. The van der Waals surface area contributed by atoms with Crippen molar-refractivity contribution in [1.29, 1.82) is 0 Å². The first-order valence-corrected chi connectivity index (χ1v) is 4.45. The molecule has 1 rings (SSSR count). The van der Waals surface area contributed by atoms with Gasteiger partial charge in [0.15, 0.2) is 0 Å². The summed E-state index contributed by atoms with van der Waals surface area (Å²) in [6, 6.07) is 8.73. The highest BCUT2D eigenvalue weighted by Gasteiger charge is 2.23. The van der Waals surface area contributed by atoms with Crippen LogP contribution in [0.15, 0.2) is 30.3 Å². The molecule has 0 saturated carbocycles. The molecular formula is C11H12O4. The van der Waals surface area contributed by atoms with Gasteiger partial charge in [-0.2, -0.15) is 0 Å². The molecule has 0 bridgehead atoms. The fraction of sp³-hybridized carbons (Fsp3) is 0.273. The lowest BCUT2D eigenvalue weighted by atomic mass is 10.1. The molecule has 0 heterocycles. The van der Waals surface area contributed by atoms with Crippen LogP contribution in [-0.2, 0) is 19.1 Å². The third kappa shape index (κ3) is 3.09. The van der Waals surface area contributed by atoms with Crippen molar-refractivity contribution in [3.05, 3.63) is 35.9 Å². The third-order valence-corrected chi connectivity index (χ3v) is 1.80. The largest absolute Gasteiger partial charge is 0.466 e. The normalized spacial score (nSPS) is 11.6. The molecule has 4 nitrogen and oxygen atoms in total. The standard InChI is InChI=1S/C11H12O4/c1-8(12)15-10(11(13)14-2)9-6-4-3-5-7-9/h3-7,10H,1-2H3. The van der Waals surface area contributed by atoms with E-state index in [0.717, 1.165) is 0 Å². The van der Waals surface area contributed by atoms with E-state index in [4.69, 9.17) is 4.74 Å². The van der Waals surface area contributed by atoms with Gasteiger partial charge in [0.2, 0.25) is 6.10 Å². The minimum atomic E-state index is -0.978. The lowest BCUT2D eigenvalue weighted by Crippen LogP contribution is -2.19. The molecule has 0 fully saturated rings. The third-order valence-electron chi connectivity index (χ3n) is 1.80. The summed E-state index contributed by atoms with van der Waals surface area (Å²) in [5.41, 5.74) is 0.597. The predicted octanol–water partition coefficient (Wildman–Crippen LogP) is 1.46. The van der Waals surface area contributed by atoms with E-state index in [-0.39, 0.29) is 0 Å². The van der Waals surface area contributed by atoms with Crippen LogP contribution < -0.4 is 0 Å². The number of rotatable bonds is 3. The minimum absolute atomic E-state index is 0.519. The zero-order chi connectivity index (χ0) is 11.3. The Morgan fingerprint density at radius 3 is 2.27 bits per heavy atom. The van der Waals surface area contributed by atoms with Crippen molar-refractivity contribution in [3.8, 4) is 0 Å². The van der Waals surface area contributed by atoms with E-state index in [1.165, 1.54) is 14.0 Å². The van der Waals surface area contributed by atoms with Gasteiger partial charge in [-0.3, -0.25) is 4.79 Å². The summed E-state index contributed by atoms with van der Waals surface area (Å²) < 4.78 is 9.43. The van der Waals surface area contributed by atoms with Crippen molar-refractivity contribution >= 4 is 11.9 Å². The van der Waals surface area contributed by atoms with Crippen molar-refractivity contribution < 1.29 is 19.1 Å². The average molecular weight is 208 g/mol. The first-order chi connectivity index (χ1) is 7.15. The first-order valence-electron chi connectivity index (χ1n) is 4.45. The molecule has 0 radical (unpaired) electrons. The van der Waals surface area contributed by atoms with Crippen molar-refractivity contribution in [3.63, 3.8) is 0 Å². The highest BCUT2D eigenvalue weighted by molar-refractivity contribution is 5.79. The number of esters is 2. The van der Waals surface area contributed by atoms with Gasteiger partial charge in [-0.1, -0.05) is 30.3 Å². The van der Waals surface area contributed by atoms with Gasteiger partial charge in [-0.15, -0.1) is 0 Å². The molecule has 0 amide bonds. The van der Waals surface area contributed by atoms with E-state index in [1.807, 2.05) is 6.07 Å². The number of ether oxygens (including phenoxy) is 2. The zero-order valence-corrected chi connectivity index (χ0v) is 8.60. The quantitative estimate of drug-likeness (QED) is 0.706. The molecule has 1 aromatic rings. The fourth-order valence-electron chi connectivity index (χ4n) is 1.15. The Morgan fingerprint density at radius 2 is 1.80 bits per heavy atom. The molecular weight excluding hydrogens is 196 g/mol. The topological polar surface area (TPSA) is 52.6 Å². The Balaban J connectivity index is 2.91. The van der Waals surface area contributed by atoms with E-state index >= 15 is 0 Å². The number of carbonyl (C=O) groups excluding carboxylic acids is 2. The molecule has 0 N–H and O–H groups in total. The van der Waals surface area contributed by atoms with Gasteiger partial charge in [0.1, 0.15) is 0 Å². The van der Waals surface area contributed by atoms with Gasteiger partial charge in [-0.25, -0.2) is 4.79 Å². The van der Waals surface area contributed by atoms with Crippen LogP contribution in [0.2, 0.25) is 0 Å². The van der Waals surface area contributed by atoms with Crippen molar-refractivity contribution in [2.24, 2.45) is 0 Å². The fourth-order valence-corrected chi connectivity index (χ4v) is 1.15. The van der Waals surface area contributed by atoms with Crippen LogP contribution in [-0.4, -0.2) is 19.0 Å². The second-order valence-corrected chi connectivity index (χ2v) is 2.92. The second kappa shape index (κ2) is 5.14. The van der Waals surface area contributed by atoms with E-state index in [2.05, 4.69) is 4.74 Å². The Bertz CT molecular complexity index is 345. The lowest BCUT2D eigenvalue weighted by molar-refractivity contribution is -0.165. The van der Waals surface area contributed by atoms with Gasteiger partial charge in [0, 0.05) is 12.5 Å². The maximum absolute atomic E-state index is 11.3. The lowest BCUT2D eigenvalue weighted by Gasteiger charge is -2.14. The SMILES string of the molecule is COC(=O)C(OC(C)=O)c1ccccc1. The molecule has 0 spiro atoms. The molecule has 0 saturated heterocycles. The zero-order valence-electron chi connectivity index (χ0n) is 8.60. The summed E-state index contributed by atoms with van der Waals surface area (Å²) in [5, 5.41) is 0. The summed E-state index contributed by atoms with van der Waals surface area (Å²) in [7, 11) is 1.25. The van der Waals surface area contributed by atoms with Crippen LogP contribution in [0, 0.1) is 0 Å². The summed E-state index contributed by atoms with van der Waals surface area (Å²) in [5.74, 6) is -1.11. The summed E-state index contributed by atoms with van der Waals surface area (Å²) in [4.78, 5) is 22.2. The highest BCUT2D eigenvalue weighted by Crippen LogP contribution is 2.18. The summed E-state index contributed by atoms with van der Waals surface area (Å²) >= 11 is 0. The summed E-state index contributed by atoms with van der Waals surface area (Å²) in [6.07, 6.45) is -0.978. The highest BCUT2D eigenvalue weighted by atomic mass is 16.6.